The van der Waals surface area contributed by atoms with Crippen molar-refractivity contribution in [3.05, 3.63) is 177 Å². The summed E-state index contributed by atoms with van der Waals surface area (Å²) in [5.74, 6) is -15.5. The second kappa shape index (κ2) is 47.7. The van der Waals surface area contributed by atoms with Gasteiger partial charge in [-0.3, -0.25) is 28.8 Å². The molecule has 0 aromatic carbocycles. The van der Waals surface area contributed by atoms with E-state index in [4.69, 9.17) is 104 Å². The number of carbonyl (C=O) groups excluding carboxylic acids is 6. The van der Waals surface area contributed by atoms with Crippen molar-refractivity contribution < 1.29 is 94.6 Å². The van der Waals surface area contributed by atoms with Gasteiger partial charge in [-0.2, -0.15) is 0 Å². The number of aromatic nitrogens is 18. The molecule has 42 heteroatoms. The maximum atomic E-state index is 12.6. The molecule has 6 fully saturated rings. The topological polar surface area (TPSA) is 417 Å². The molecule has 18 heterocycles. The smallest absolute Gasteiger partial charge is 0.302 e. The molecule has 756 valence electrons. The predicted octanol–water partition coefficient (Wildman–Crippen LogP) is 11.2. The Balaban J connectivity index is 0.000000186. The third-order valence-electron chi connectivity index (χ3n) is 24.5. The molecule has 144 heavy (non-hydrogen) atoms. The van der Waals surface area contributed by atoms with Crippen LogP contribution in [0.3, 0.4) is 0 Å². The molecule has 0 spiro atoms. The molecular formula is C102H132N36O6. The molecule has 0 saturated carbocycles. The average Bonchev–Trinajstić information content (AvgIpc) is 0.947. The van der Waals surface area contributed by atoms with Crippen molar-refractivity contribution >= 4 is 137 Å². The number of nitrogens with zero attached hydrogens (tertiary/aromatic N) is 30. The molecule has 6 saturated heterocycles. The van der Waals surface area contributed by atoms with Crippen LogP contribution in [0.2, 0.25) is 0 Å². The maximum absolute atomic E-state index is 12.6. The fourth-order valence-corrected chi connectivity index (χ4v) is 16.8. The van der Waals surface area contributed by atoms with Crippen molar-refractivity contribution in [2.45, 2.75) is 158 Å². The molecule has 6 amide bonds. The number of hydrogen-bond acceptors (Lipinski definition) is 24. The van der Waals surface area contributed by atoms with E-state index in [-0.39, 0.29) is 229 Å². The molecule has 18 rings (SSSR count). The molecular weight excluding hydrogens is 1830 g/mol. The van der Waals surface area contributed by atoms with E-state index in [0.29, 0.717) is 50.9 Å². The van der Waals surface area contributed by atoms with Crippen molar-refractivity contribution in [1.82, 2.24) is 119 Å². The lowest BCUT2D eigenvalue weighted by Gasteiger charge is -2.41. The number of piperidine rings is 6. The van der Waals surface area contributed by atoms with E-state index in [1.165, 1.54) is 37.9 Å². The quantitative estimate of drug-likeness (QED) is 0.0435. The van der Waals surface area contributed by atoms with Gasteiger partial charge in [0.05, 0.1) is 80.8 Å². The first-order chi connectivity index (χ1) is 87.7. The summed E-state index contributed by atoms with van der Waals surface area (Å²) in [6.45, 7) is 19.5. The largest absolute Gasteiger partial charge is 0.354 e. The minimum atomic E-state index is -3.01. The lowest BCUT2D eigenvalue weighted by molar-refractivity contribution is -0.131. The highest BCUT2D eigenvalue weighted by atomic mass is 16.2. The van der Waals surface area contributed by atoms with Crippen molar-refractivity contribution in [3.63, 3.8) is 0 Å². The predicted molar refractivity (Wildman–Crippen MR) is 556 cm³/mol. The van der Waals surface area contributed by atoms with Crippen LogP contribution in [0.15, 0.2) is 74.1 Å². The van der Waals surface area contributed by atoms with E-state index in [9.17, 15) is 30.1 Å². The monoisotopic (exact) mass is 2010 g/mol. The summed E-state index contributed by atoms with van der Waals surface area (Å²) in [5, 5.41) is 0.839. The lowest BCUT2D eigenvalue weighted by Crippen LogP contribution is -2.53. The summed E-state index contributed by atoms with van der Waals surface area (Å²) in [6.07, 6.45) is -2.99. The van der Waals surface area contributed by atoms with E-state index in [1.54, 1.807) is 48.5 Å². The van der Waals surface area contributed by atoms with Crippen molar-refractivity contribution in [3.8, 4) is 0 Å². The fourth-order valence-electron chi connectivity index (χ4n) is 16.8. The lowest BCUT2D eigenvalue weighted by atomic mass is 9.92. The summed E-state index contributed by atoms with van der Waals surface area (Å²) >= 11 is 0. The second-order valence-corrected chi connectivity index (χ2v) is 33.9. The Morgan fingerprint density at radius 1 is 0.319 bits per heavy atom. The summed E-state index contributed by atoms with van der Waals surface area (Å²) in [5.41, 5.74) is 3.43. The van der Waals surface area contributed by atoms with Gasteiger partial charge in [0.2, 0.25) is 0 Å². The van der Waals surface area contributed by atoms with Gasteiger partial charge in [0, 0.05) is 184 Å². The number of anilines is 6. The zero-order valence-corrected chi connectivity index (χ0v) is 80.1. The normalized spacial score (nSPS) is 29.9. The number of amides is 6. The maximum Gasteiger partial charge on any atom is 0.302 e. The van der Waals surface area contributed by atoms with E-state index < -0.39 is 239 Å². The minimum Gasteiger partial charge on any atom is -0.354 e. The summed E-state index contributed by atoms with van der Waals surface area (Å²) < 4.78 is 388. The SMILES string of the molecule is [2H]c1nc(N(C)[C@@]2([2H])CN(C(=O)C([2H])([2H])[N+]#[C-])CC[C@@]2([2H])C([2H])([2H])[2H])c2c([2H])c(C)[nH]c2n1.[2H]c1nc(N(C)[C@@]2([2H])CN(C(=O)C([2H])([2H])[N+]#[C-])CC[C@@]2([2H])C)c2c([2H])c(C)[nH]c2n1.[2H]c1nc(N(C)[C@@]2([2H])CN(C(=O)C([2H])([2H])[N+]#[C-])CC[C@H]2C([2H])([2H])[2H])c2c([2H])c(C)[nH]c2n1.[2H]c1nc(N([C@H]2CN(C(=O)C([2H])([2H])[N+]#[C-])CC[C@@]2([2H])C)C([2H])([2H])[2H])c2c([2H])c(C)[nH]c2n1.[2H]c1nc(N([C@H]2CN(C(=O)C([2H])([2H])[N+]#[C-])CC[C@H]2C([2H])([2H])[2H])C([2H])([2H])[2H])c2c([2H])c(C)[nH]c2n1.[2H]c1nc(N([C@H]2CN(C(=O)C([2H])([2H])[N+]#[C-])CC[C@H]2C)C([2H])([2H])[2H])c2c([2H])c(C)[nH]c2n1. The molecule has 0 radical (unpaired) electrons. The molecule has 6 aliphatic heterocycles. The first-order valence-corrected chi connectivity index (χ1v) is 44.4. The van der Waals surface area contributed by atoms with Crippen LogP contribution >= 0.6 is 0 Å². The molecule has 42 nitrogen and oxygen atoms in total. The van der Waals surface area contributed by atoms with Crippen molar-refractivity contribution in [2.24, 2.45) is 35.4 Å². The van der Waals surface area contributed by atoms with Gasteiger partial charge < -0.3 is 118 Å². The Morgan fingerprint density at radius 3 is 0.840 bits per heavy atom. The number of likely N-dealkylation sites (tertiary alicyclic amines) is 6. The van der Waals surface area contributed by atoms with Crippen LogP contribution in [-0.2, 0) is 28.8 Å². The van der Waals surface area contributed by atoms with Crippen LogP contribution in [0.25, 0.3) is 95.3 Å². The Hall–Kier alpha value is -15.7. The molecule has 12 atom stereocenters. The number of fused-ring (bicyclic) bond motifs is 6. The Bertz CT molecular complexity index is 9350. The highest BCUT2D eigenvalue weighted by molar-refractivity contribution is 5.94. The third kappa shape index (κ3) is 24.5. The van der Waals surface area contributed by atoms with Crippen LogP contribution < -0.4 is 29.4 Å². The number of likely N-dealkylation sites (N-methyl/N-ethyl adjacent to an activating group) is 6. The molecule has 0 aliphatic carbocycles. The van der Waals surface area contributed by atoms with Gasteiger partial charge in [-0.1, -0.05) is 41.3 Å². The Morgan fingerprint density at radius 2 is 0.549 bits per heavy atom. The summed E-state index contributed by atoms with van der Waals surface area (Å²) in [4.78, 5) is 169. The Kier molecular flexibility index (Phi) is 19.4. The van der Waals surface area contributed by atoms with Crippen LogP contribution in [0.5, 0.6) is 0 Å². The molecule has 12 aromatic rings. The Labute approximate surface area is 907 Å². The van der Waals surface area contributed by atoms with Crippen molar-refractivity contribution in [2.75, 3.05) is 189 Å². The van der Waals surface area contributed by atoms with Gasteiger partial charge in [-0.25, -0.2) is 99.2 Å². The number of H-pyrrole nitrogens is 6. The van der Waals surface area contributed by atoms with Gasteiger partial charge in [0.1, 0.15) is 131 Å². The third-order valence-corrected chi connectivity index (χ3v) is 24.5. The van der Waals surface area contributed by atoms with E-state index in [0.717, 1.165) is 44.1 Å². The first kappa shape index (κ1) is 58.6. The number of nitrogens with one attached hydrogen (secondary N) is 6. The number of rotatable bonds is 18. The van der Waals surface area contributed by atoms with Crippen LogP contribution in [0, 0.1) is 116 Å². The van der Waals surface area contributed by atoms with Gasteiger partial charge in [0.15, 0.2) is 0 Å². The number of aromatic amines is 6. The molecule has 12 aromatic heterocycles. The van der Waals surface area contributed by atoms with Crippen LogP contribution in [0.1, 0.15) is 180 Å². The van der Waals surface area contributed by atoms with E-state index >= 15 is 0 Å². The standard InChI is InChI=1S/6C17H22N6O/c6*1-11-5-6-23(15(24)8-18-3)9-14(11)22(4)17-13-7-12(2)21-16(13)19-10-20-17/h6*7,10-11,14H,5-6,8-9H2,1-2,4H3,(H,19,20,21)/t6*11-,14+/m111111/s1/i1D3,7D,8D2,10D,11D,14D;7D,8D2,10D,11D,14D;4D3,7D,8D2,10D,11D;1D3,7D,8D2,10D,14D;1D3,4D3,7D,8D2,10D;4D3,7D,8D2,10D. The first-order valence-electron chi connectivity index (χ1n) is 68.4. The van der Waals surface area contributed by atoms with Crippen LogP contribution in [0.4, 0.5) is 34.9 Å². The number of carbonyl (C=O) groups is 6. The van der Waals surface area contributed by atoms with E-state index in [1.807, 2.05) is 6.92 Å². The zero-order chi connectivity index (χ0) is 145. The van der Waals surface area contributed by atoms with Gasteiger partial charge >= 0.3 is 35.4 Å². The zero-order valence-electron chi connectivity index (χ0n) is 128. The average molecular weight is 2010 g/mol. The highest BCUT2D eigenvalue weighted by Gasteiger charge is 2.41. The number of aryl methyl sites for hydroxylation is 6. The second-order valence-electron chi connectivity index (χ2n) is 33.9. The van der Waals surface area contributed by atoms with E-state index in [2.05, 4.69) is 119 Å². The molecule has 6 aliphatic rings. The molecule has 0 unspecified atom stereocenters. The fraction of sp³-hybridized carbons (Fsp3) is 0.529. The van der Waals surface area contributed by atoms with Gasteiger partial charge in [-0.15, -0.1) is 0 Å². The van der Waals surface area contributed by atoms with Crippen molar-refractivity contribution in [1.29, 1.82) is 0 Å². The minimum absolute atomic E-state index is 0.0129. The van der Waals surface area contributed by atoms with Crippen LogP contribution in [-0.4, -0.2) is 350 Å². The number of hydrogen-bond donors (Lipinski definition) is 6. The summed E-state index contributed by atoms with van der Waals surface area (Å²) in [7, 11) is 4.18. The van der Waals surface area contributed by atoms with Gasteiger partial charge in [-0.05, 0) is 152 Å². The van der Waals surface area contributed by atoms with Gasteiger partial charge in [0.25, 0.3) is 39.0 Å². The summed E-state index contributed by atoms with van der Waals surface area (Å²) in [6, 6.07) is -9.68. The highest BCUT2D eigenvalue weighted by Crippen LogP contribution is 2.38. The molecule has 6 N–H and O–H groups in total. The molecule has 0 bridgehead atoms.